The number of amides is 1. The highest BCUT2D eigenvalue weighted by atomic mass is 35.5. The Kier molecular flexibility index (Phi) is 4.49. The van der Waals surface area contributed by atoms with Crippen molar-refractivity contribution in [1.29, 1.82) is 0 Å². The zero-order chi connectivity index (χ0) is 13.1. The van der Waals surface area contributed by atoms with Gasteiger partial charge in [-0.15, -0.1) is 0 Å². The van der Waals surface area contributed by atoms with E-state index in [-0.39, 0.29) is 17.9 Å². The molecule has 0 aromatic heterocycles. The predicted octanol–water partition coefficient (Wildman–Crippen LogP) is 3.45. The predicted molar refractivity (Wildman–Crippen MR) is 75.0 cm³/mol. The molecule has 1 aromatic rings. The average Bonchev–Trinajstić information content (AvgIpc) is 2.34. The van der Waals surface area contributed by atoms with Crippen LogP contribution in [0.1, 0.15) is 25.7 Å². The van der Waals surface area contributed by atoms with Crippen LogP contribution in [0.3, 0.4) is 0 Å². The third kappa shape index (κ3) is 3.37. The van der Waals surface area contributed by atoms with Crippen LogP contribution in [0.4, 0.5) is 5.69 Å². The van der Waals surface area contributed by atoms with Crippen molar-refractivity contribution in [2.45, 2.75) is 31.7 Å². The lowest BCUT2D eigenvalue weighted by Crippen LogP contribution is -2.34. The summed E-state index contributed by atoms with van der Waals surface area (Å²) >= 11 is 11.7. The van der Waals surface area contributed by atoms with Crippen molar-refractivity contribution in [3.05, 3.63) is 28.2 Å². The van der Waals surface area contributed by atoms with Crippen LogP contribution in [0, 0.1) is 5.92 Å². The third-order valence-electron chi connectivity index (χ3n) is 3.27. The molecule has 3 nitrogen and oxygen atoms in total. The van der Waals surface area contributed by atoms with Crippen LogP contribution >= 0.6 is 23.2 Å². The number of hydrogen-bond donors (Lipinski definition) is 2. The van der Waals surface area contributed by atoms with Crippen molar-refractivity contribution in [3.63, 3.8) is 0 Å². The van der Waals surface area contributed by atoms with Crippen molar-refractivity contribution in [2.24, 2.45) is 11.7 Å². The second-order valence-corrected chi connectivity index (χ2v) is 5.56. The van der Waals surface area contributed by atoms with E-state index in [1.165, 1.54) is 0 Å². The molecule has 2 atom stereocenters. The van der Waals surface area contributed by atoms with E-state index >= 15 is 0 Å². The second kappa shape index (κ2) is 5.91. The van der Waals surface area contributed by atoms with Gasteiger partial charge in [0.1, 0.15) is 0 Å². The molecule has 0 spiro atoms. The highest BCUT2D eigenvalue weighted by molar-refractivity contribution is 6.42. The minimum atomic E-state index is 0.00297. The van der Waals surface area contributed by atoms with Crippen LogP contribution in [-0.2, 0) is 4.79 Å². The van der Waals surface area contributed by atoms with Crippen molar-refractivity contribution >= 4 is 34.8 Å². The monoisotopic (exact) mass is 286 g/mol. The molecule has 18 heavy (non-hydrogen) atoms. The first-order valence-electron chi connectivity index (χ1n) is 6.08. The van der Waals surface area contributed by atoms with E-state index in [1.54, 1.807) is 18.2 Å². The Bertz CT molecular complexity index is 451. The Balaban J connectivity index is 2.00. The van der Waals surface area contributed by atoms with Gasteiger partial charge in [-0.05, 0) is 37.5 Å². The van der Waals surface area contributed by atoms with Crippen LogP contribution in [0.5, 0.6) is 0 Å². The van der Waals surface area contributed by atoms with Crippen LogP contribution < -0.4 is 11.1 Å². The molecule has 98 valence electrons. The van der Waals surface area contributed by atoms with Crippen LogP contribution in [0.2, 0.25) is 10.0 Å². The molecule has 1 saturated carbocycles. The summed E-state index contributed by atoms with van der Waals surface area (Å²) in [7, 11) is 0. The summed E-state index contributed by atoms with van der Waals surface area (Å²) in [5.74, 6) is 0.0201. The van der Waals surface area contributed by atoms with Gasteiger partial charge in [0.15, 0.2) is 0 Å². The third-order valence-corrected chi connectivity index (χ3v) is 4.01. The van der Waals surface area contributed by atoms with E-state index in [2.05, 4.69) is 5.32 Å². The molecule has 1 aliphatic rings. The molecular weight excluding hydrogens is 271 g/mol. The van der Waals surface area contributed by atoms with E-state index in [4.69, 9.17) is 28.9 Å². The molecule has 2 rings (SSSR count). The smallest absolute Gasteiger partial charge is 0.227 e. The molecule has 0 saturated heterocycles. The molecule has 0 heterocycles. The number of rotatable bonds is 2. The Morgan fingerprint density at radius 3 is 2.72 bits per heavy atom. The maximum atomic E-state index is 12.1. The van der Waals surface area contributed by atoms with Gasteiger partial charge < -0.3 is 11.1 Å². The fourth-order valence-electron chi connectivity index (χ4n) is 2.28. The zero-order valence-corrected chi connectivity index (χ0v) is 11.5. The second-order valence-electron chi connectivity index (χ2n) is 4.74. The SMILES string of the molecule is NC1CCCC(C(=O)Nc2ccc(Cl)c(Cl)c2)C1. The lowest BCUT2D eigenvalue weighted by molar-refractivity contribution is -0.120. The molecule has 3 N–H and O–H groups in total. The van der Waals surface area contributed by atoms with Crippen LogP contribution in [0.15, 0.2) is 18.2 Å². The van der Waals surface area contributed by atoms with Gasteiger partial charge >= 0.3 is 0 Å². The van der Waals surface area contributed by atoms with Gasteiger partial charge in [-0.3, -0.25) is 4.79 Å². The number of carbonyl (C=O) groups is 1. The van der Waals surface area contributed by atoms with Crippen LogP contribution in [0.25, 0.3) is 0 Å². The molecule has 1 fully saturated rings. The molecule has 0 bridgehead atoms. The zero-order valence-electron chi connectivity index (χ0n) is 9.96. The van der Waals surface area contributed by atoms with Crippen molar-refractivity contribution in [3.8, 4) is 0 Å². The first kappa shape index (κ1) is 13.7. The number of halogens is 2. The quantitative estimate of drug-likeness (QED) is 0.875. The minimum absolute atomic E-state index is 0.00297. The Morgan fingerprint density at radius 2 is 2.06 bits per heavy atom. The van der Waals surface area contributed by atoms with Gasteiger partial charge in [0.2, 0.25) is 5.91 Å². The Labute approximate surface area is 117 Å². The molecule has 1 amide bonds. The molecule has 5 heteroatoms. The molecule has 1 aliphatic carbocycles. The van der Waals surface area contributed by atoms with E-state index < -0.39 is 0 Å². The highest BCUT2D eigenvalue weighted by Crippen LogP contribution is 2.27. The van der Waals surface area contributed by atoms with Gasteiger partial charge in [0.25, 0.3) is 0 Å². The van der Waals surface area contributed by atoms with Gasteiger partial charge in [0, 0.05) is 17.6 Å². The molecule has 0 aliphatic heterocycles. The Hall–Kier alpha value is -0.770. The summed E-state index contributed by atoms with van der Waals surface area (Å²) < 4.78 is 0. The van der Waals surface area contributed by atoms with Crippen molar-refractivity contribution < 1.29 is 4.79 Å². The molecule has 2 unspecified atom stereocenters. The van der Waals surface area contributed by atoms with Crippen molar-refractivity contribution in [1.82, 2.24) is 0 Å². The van der Waals surface area contributed by atoms with Gasteiger partial charge in [-0.25, -0.2) is 0 Å². The first-order valence-corrected chi connectivity index (χ1v) is 6.83. The maximum absolute atomic E-state index is 12.1. The minimum Gasteiger partial charge on any atom is -0.328 e. The largest absolute Gasteiger partial charge is 0.328 e. The fraction of sp³-hybridized carbons (Fsp3) is 0.462. The van der Waals surface area contributed by atoms with Gasteiger partial charge in [-0.2, -0.15) is 0 Å². The summed E-state index contributed by atoms with van der Waals surface area (Å²) in [6.45, 7) is 0. The number of anilines is 1. The summed E-state index contributed by atoms with van der Waals surface area (Å²) in [6, 6.07) is 5.22. The fourth-order valence-corrected chi connectivity index (χ4v) is 2.58. The first-order chi connectivity index (χ1) is 8.56. The van der Waals surface area contributed by atoms with Gasteiger partial charge in [0.05, 0.1) is 10.0 Å². The van der Waals surface area contributed by atoms with E-state index in [0.29, 0.717) is 15.7 Å². The number of benzene rings is 1. The summed E-state index contributed by atoms with van der Waals surface area (Å²) in [4.78, 5) is 12.1. The number of hydrogen-bond acceptors (Lipinski definition) is 2. The standard InChI is InChI=1S/C13H16Cl2N2O/c14-11-5-4-10(7-12(11)15)17-13(18)8-2-1-3-9(16)6-8/h4-5,7-9H,1-3,6,16H2,(H,17,18). The Morgan fingerprint density at radius 1 is 1.28 bits per heavy atom. The molecule has 0 radical (unpaired) electrons. The molecule has 1 aromatic carbocycles. The summed E-state index contributed by atoms with van der Waals surface area (Å²) in [5, 5.41) is 3.78. The van der Waals surface area contributed by atoms with Crippen molar-refractivity contribution in [2.75, 3.05) is 5.32 Å². The summed E-state index contributed by atoms with van der Waals surface area (Å²) in [6.07, 6.45) is 3.69. The lowest BCUT2D eigenvalue weighted by atomic mass is 9.85. The number of carbonyl (C=O) groups excluding carboxylic acids is 1. The summed E-state index contributed by atoms with van der Waals surface area (Å²) in [5.41, 5.74) is 6.56. The topological polar surface area (TPSA) is 55.1 Å². The normalized spacial score (nSPS) is 23.7. The average molecular weight is 287 g/mol. The van der Waals surface area contributed by atoms with Gasteiger partial charge in [-0.1, -0.05) is 29.6 Å². The van der Waals surface area contributed by atoms with Crippen LogP contribution in [-0.4, -0.2) is 11.9 Å². The number of nitrogens with one attached hydrogen (secondary N) is 1. The lowest BCUT2D eigenvalue weighted by Gasteiger charge is -2.25. The highest BCUT2D eigenvalue weighted by Gasteiger charge is 2.25. The van der Waals surface area contributed by atoms with E-state index in [0.717, 1.165) is 25.7 Å². The molecular formula is C13H16Cl2N2O. The van der Waals surface area contributed by atoms with E-state index in [1.807, 2.05) is 0 Å². The maximum Gasteiger partial charge on any atom is 0.227 e. The number of nitrogens with two attached hydrogens (primary N) is 1. The van der Waals surface area contributed by atoms with E-state index in [9.17, 15) is 4.79 Å².